The molecule has 2 rings (SSSR count). The van der Waals surface area contributed by atoms with Crippen molar-refractivity contribution in [1.29, 1.82) is 0 Å². The molecule has 0 aliphatic heterocycles. The van der Waals surface area contributed by atoms with Crippen LogP contribution < -0.4 is 5.32 Å². The maximum absolute atomic E-state index is 12.3. The van der Waals surface area contributed by atoms with Gasteiger partial charge in [-0.25, -0.2) is 0 Å². The fourth-order valence-electron chi connectivity index (χ4n) is 2.21. The van der Waals surface area contributed by atoms with Gasteiger partial charge in [-0.15, -0.1) is 0 Å². The number of ether oxygens (including phenoxy) is 2. The maximum atomic E-state index is 12.3. The Hall–Kier alpha value is -0.910. The lowest BCUT2D eigenvalue weighted by Gasteiger charge is -2.16. The molecule has 1 N–H and O–H groups in total. The van der Waals surface area contributed by atoms with Gasteiger partial charge in [-0.05, 0) is 30.5 Å². The summed E-state index contributed by atoms with van der Waals surface area (Å²) in [6.07, 6.45) is 1.83. The molecule has 20 heavy (non-hydrogen) atoms. The molecule has 0 aromatic heterocycles. The van der Waals surface area contributed by atoms with Crippen molar-refractivity contribution in [3.05, 3.63) is 34.3 Å². The van der Waals surface area contributed by atoms with Crippen molar-refractivity contribution in [2.45, 2.75) is 18.3 Å². The monoisotopic (exact) mass is 341 g/mol. The van der Waals surface area contributed by atoms with Crippen LogP contribution in [0.4, 0.5) is 0 Å². The highest BCUT2D eigenvalue weighted by Crippen LogP contribution is 2.48. The summed E-state index contributed by atoms with van der Waals surface area (Å²) in [6, 6.07) is 8.00. The third-order valence-corrected chi connectivity index (χ3v) is 4.02. The molecule has 1 aromatic rings. The molecule has 0 atom stereocenters. The minimum atomic E-state index is -0.323. The van der Waals surface area contributed by atoms with Gasteiger partial charge in [0.05, 0.1) is 25.2 Å². The predicted octanol–water partition coefficient (Wildman–Crippen LogP) is 2.26. The summed E-state index contributed by atoms with van der Waals surface area (Å²) >= 11 is 3.46. The van der Waals surface area contributed by atoms with E-state index in [1.54, 1.807) is 7.11 Å². The molecular formula is C15H20BrNO3. The van der Waals surface area contributed by atoms with Crippen LogP contribution in [0, 0.1) is 0 Å². The van der Waals surface area contributed by atoms with Gasteiger partial charge in [0.15, 0.2) is 0 Å². The van der Waals surface area contributed by atoms with Gasteiger partial charge in [-0.3, -0.25) is 4.79 Å². The highest BCUT2D eigenvalue weighted by Gasteiger charge is 2.51. The molecule has 0 saturated heterocycles. The van der Waals surface area contributed by atoms with Crippen molar-refractivity contribution in [2.75, 3.05) is 33.5 Å². The van der Waals surface area contributed by atoms with Crippen molar-refractivity contribution in [1.82, 2.24) is 5.32 Å². The van der Waals surface area contributed by atoms with Crippen molar-refractivity contribution in [3.8, 4) is 0 Å². The largest absolute Gasteiger partial charge is 0.382 e. The fourth-order valence-corrected chi connectivity index (χ4v) is 2.61. The van der Waals surface area contributed by atoms with Gasteiger partial charge in [0, 0.05) is 18.1 Å². The van der Waals surface area contributed by atoms with Crippen molar-refractivity contribution in [3.63, 3.8) is 0 Å². The Morgan fingerprint density at radius 2 is 2.15 bits per heavy atom. The fraction of sp³-hybridized carbons (Fsp3) is 0.533. The molecule has 0 unspecified atom stereocenters. The first-order chi connectivity index (χ1) is 9.69. The first-order valence-corrected chi connectivity index (χ1v) is 7.59. The number of nitrogens with one attached hydrogen (secondary N) is 1. The van der Waals surface area contributed by atoms with E-state index in [1.165, 1.54) is 0 Å². The van der Waals surface area contributed by atoms with E-state index in [2.05, 4.69) is 21.2 Å². The van der Waals surface area contributed by atoms with E-state index < -0.39 is 0 Å². The van der Waals surface area contributed by atoms with Gasteiger partial charge in [0.1, 0.15) is 0 Å². The smallest absolute Gasteiger partial charge is 0.230 e. The van der Waals surface area contributed by atoms with Gasteiger partial charge in [0.2, 0.25) is 5.91 Å². The third kappa shape index (κ3) is 3.81. The highest BCUT2D eigenvalue weighted by molar-refractivity contribution is 9.10. The normalized spacial score (nSPS) is 15.9. The molecule has 110 valence electrons. The number of rotatable bonds is 8. The number of hydrogen-bond donors (Lipinski definition) is 1. The van der Waals surface area contributed by atoms with Gasteiger partial charge >= 0.3 is 0 Å². The Balaban J connectivity index is 1.80. The summed E-state index contributed by atoms with van der Waals surface area (Å²) in [4.78, 5) is 12.3. The van der Waals surface area contributed by atoms with Crippen LogP contribution in [0.2, 0.25) is 0 Å². The van der Waals surface area contributed by atoms with Crippen LogP contribution in [0.1, 0.15) is 18.4 Å². The topological polar surface area (TPSA) is 47.6 Å². The number of methoxy groups -OCH3 is 1. The second-order valence-corrected chi connectivity index (χ2v) is 5.87. The van der Waals surface area contributed by atoms with E-state index in [1.807, 2.05) is 24.3 Å². The predicted molar refractivity (Wildman–Crippen MR) is 80.8 cm³/mol. The Morgan fingerprint density at radius 1 is 1.35 bits per heavy atom. The standard InChI is InChI=1S/C15H20BrNO3/c1-19-9-10-20-8-7-17-14(18)15(5-6-15)12-3-2-4-13(16)11-12/h2-4,11H,5-10H2,1H3,(H,17,18). The lowest BCUT2D eigenvalue weighted by molar-refractivity contribution is -0.123. The first kappa shape index (κ1) is 15.5. The van der Waals surface area contributed by atoms with Crippen LogP contribution in [-0.2, 0) is 19.7 Å². The van der Waals surface area contributed by atoms with E-state index in [0.29, 0.717) is 26.4 Å². The summed E-state index contributed by atoms with van der Waals surface area (Å²) in [5.74, 6) is 0.103. The zero-order valence-corrected chi connectivity index (χ0v) is 13.2. The molecule has 5 heteroatoms. The van der Waals surface area contributed by atoms with E-state index in [-0.39, 0.29) is 11.3 Å². The van der Waals surface area contributed by atoms with Crippen LogP contribution in [0.15, 0.2) is 28.7 Å². The minimum Gasteiger partial charge on any atom is -0.382 e. The Kier molecular flexibility index (Phi) is 5.57. The van der Waals surface area contributed by atoms with Crippen LogP contribution in [0.25, 0.3) is 0 Å². The quantitative estimate of drug-likeness (QED) is 0.738. The molecule has 1 fully saturated rings. The van der Waals surface area contributed by atoms with Crippen molar-refractivity contribution >= 4 is 21.8 Å². The van der Waals surface area contributed by atoms with E-state index in [4.69, 9.17) is 9.47 Å². The minimum absolute atomic E-state index is 0.103. The average Bonchev–Trinajstić information content (AvgIpc) is 3.24. The van der Waals surface area contributed by atoms with Crippen LogP contribution in [0.3, 0.4) is 0 Å². The van der Waals surface area contributed by atoms with Gasteiger partial charge in [-0.1, -0.05) is 28.1 Å². The van der Waals surface area contributed by atoms with Gasteiger partial charge in [-0.2, -0.15) is 0 Å². The Morgan fingerprint density at radius 3 is 2.80 bits per heavy atom. The summed E-state index contributed by atoms with van der Waals surface area (Å²) in [5, 5.41) is 2.96. The number of amides is 1. The molecule has 1 aliphatic rings. The van der Waals surface area contributed by atoms with Crippen molar-refractivity contribution < 1.29 is 14.3 Å². The molecule has 0 radical (unpaired) electrons. The lowest BCUT2D eigenvalue weighted by Crippen LogP contribution is -2.36. The maximum Gasteiger partial charge on any atom is 0.230 e. The number of benzene rings is 1. The first-order valence-electron chi connectivity index (χ1n) is 6.80. The van der Waals surface area contributed by atoms with Crippen LogP contribution in [0.5, 0.6) is 0 Å². The molecule has 1 saturated carbocycles. The third-order valence-electron chi connectivity index (χ3n) is 3.53. The Labute approximate surface area is 128 Å². The molecule has 4 nitrogen and oxygen atoms in total. The second-order valence-electron chi connectivity index (χ2n) is 4.95. The number of carbonyl (C=O) groups excluding carboxylic acids is 1. The lowest BCUT2D eigenvalue weighted by atomic mass is 9.95. The van der Waals surface area contributed by atoms with Crippen molar-refractivity contribution in [2.24, 2.45) is 0 Å². The molecule has 0 bridgehead atoms. The summed E-state index contributed by atoms with van der Waals surface area (Å²) in [6.45, 7) is 2.20. The highest BCUT2D eigenvalue weighted by atomic mass is 79.9. The Bertz CT molecular complexity index is 460. The van der Waals surface area contributed by atoms with Gasteiger partial charge < -0.3 is 14.8 Å². The molecule has 1 amide bonds. The molecule has 0 heterocycles. The molecular weight excluding hydrogens is 322 g/mol. The molecule has 1 aromatic carbocycles. The van der Waals surface area contributed by atoms with E-state index in [9.17, 15) is 4.79 Å². The van der Waals surface area contributed by atoms with E-state index in [0.717, 1.165) is 22.9 Å². The molecule has 0 spiro atoms. The van der Waals surface area contributed by atoms with E-state index >= 15 is 0 Å². The SMILES string of the molecule is COCCOCCNC(=O)C1(c2cccc(Br)c2)CC1. The number of carbonyl (C=O) groups is 1. The summed E-state index contributed by atoms with van der Waals surface area (Å²) < 4.78 is 11.2. The number of halogens is 1. The molecule has 1 aliphatic carbocycles. The average molecular weight is 342 g/mol. The van der Waals surface area contributed by atoms with Crippen LogP contribution in [-0.4, -0.2) is 39.4 Å². The number of hydrogen-bond acceptors (Lipinski definition) is 3. The van der Waals surface area contributed by atoms with Crippen LogP contribution >= 0.6 is 15.9 Å². The summed E-state index contributed by atoms with van der Waals surface area (Å²) in [7, 11) is 1.64. The summed E-state index contributed by atoms with van der Waals surface area (Å²) in [5.41, 5.74) is 0.765. The zero-order chi connectivity index (χ0) is 14.4. The van der Waals surface area contributed by atoms with Gasteiger partial charge in [0.25, 0.3) is 0 Å². The zero-order valence-electron chi connectivity index (χ0n) is 11.7. The second kappa shape index (κ2) is 7.20.